The van der Waals surface area contributed by atoms with Crippen LogP contribution in [0.25, 0.3) is 11.1 Å². The molecule has 0 unspecified atom stereocenters. The van der Waals surface area contributed by atoms with Gasteiger partial charge in [-0.15, -0.1) is 0 Å². The van der Waals surface area contributed by atoms with Crippen molar-refractivity contribution in [1.82, 2.24) is 10.3 Å². The normalized spacial score (nSPS) is 10.6. The highest BCUT2D eigenvalue weighted by atomic mass is 35.5. The average molecular weight is 281 g/mol. The largest absolute Gasteiger partial charge is 0.313 e. The van der Waals surface area contributed by atoms with E-state index < -0.39 is 0 Å². The van der Waals surface area contributed by atoms with Gasteiger partial charge in [-0.25, -0.2) is 0 Å². The van der Waals surface area contributed by atoms with Crippen molar-refractivity contribution in [3.05, 3.63) is 52.3 Å². The minimum atomic E-state index is 0.561. The van der Waals surface area contributed by atoms with Crippen LogP contribution in [0, 0.1) is 0 Å². The van der Waals surface area contributed by atoms with Crippen LogP contribution in [-0.4, -0.2) is 11.5 Å². The zero-order chi connectivity index (χ0) is 13.0. The number of hydrogen-bond donors (Lipinski definition) is 1. The Balaban J connectivity index is 2.35. The highest BCUT2D eigenvalue weighted by Gasteiger charge is 2.07. The van der Waals surface area contributed by atoms with Gasteiger partial charge in [0.1, 0.15) is 0 Å². The first-order valence-electron chi connectivity index (χ1n) is 5.81. The van der Waals surface area contributed by atoms with Gasteiger partial charge in [-0.3, -0.25) is 4.98 Å². The lowest BCUT2D eigenvalue weighted by molar-refractivity contribution is 0.724. The highest BCUT2D eigenvalue weighted by Crippen LogP contribution is 2.33. The number of hydrogen-bond acceptors (Lipinski definition) is 2. The standard InChI is InChI=1S/C14H14Cl2N2/c1-2-17-7-10-6-11(9-18-8-10)12-4-3-5-13(15)14(12)16/h3-6,8-9,17H,2,7H2,1H3. The molecule has 1 N–H and O–H groups in total. The number of pyridine rings is 1. The van der Waals surface area contributed by atoms with E-state index in [9.17, 15) is 0 Å². The van der Waals surface area contributed by atoms with Crippen LogP contribution < -0.4 is 5.32 Å². The Kier molecular flexibility index (Phi) is 4.59. The molecular formula is C14H14Cl2N2. The average Bonchev–Trinajstić information content (AvgIpc) is 2.40. The lowest BCUT2D eigenvalue weighted by atomic mass is 10.1. The fourth-order valence-corrected chi connectivity index (χ4v) is 2.14. The molecule has 2 aromatic rings. The molecule has 0 bridgehead atoms. The van der Waals surface area contributed by atoms with Crippen molar-refractivity contribution in [2.45, 2.75) is 13.5 Å². The van der Waals surface area contributed by atoms with E-state index in [4.69, 9.17) is 23.2 Å². The summed E-state index contributed by atoms with van der Waals surface area (Å²) in [5.74, 6) is 0. The lowest BCUT2D eigenvalue weighted by Crippen LogP contribution is -2.11. The van der Waals surface area contributed by atoms with Gasteiger partial charge in [-0.1, -0.05) is 42.3 Å². The summed E-state index contributed by atoms with van der Waals surface area (Å²) in [7, 11) is 0. The Bertz CT molecular complexity index is 541. The maximum atomic E-state index is 6.21. The van der Waals surface area contributed by atoms with E-state index in [1.54, 1.807) is 12.3 Å². The minimum absolute atomic E-state index is 0.561. The highest BCUT2D eigenvalue weighted by molar-refractivity contribution is 6.43. The number of rotatable bonds is 4. The van der Waals surface area contributed by atoms with Crippen LogP contribution in [0.2, 0.25) is 10.0 Å². The van der Waals surface area contributed by atoms with E-state index >= 15 is 0 Å². The maximum Gasteiger partial charge on any atom is 0.0671 e. The molecule has 0 saturated heterocycles. The smallest absolute Gasteiger partial charge is 0.0671 e. The third-order valence-electron chi connectivity index (χ3n) is 2.64. The van der Waals surface area contributed by atoms with Gasteiger partial charge in [0.05, 0.1) is 10.0 Å². The summed E-state index contributed by atoms with van der Waals surface area (Å²) >= 11 is 12.2. The zero-order valence-electron chi connectivity index (χ0n) is 10.1. The van der Waals surface area contributed by atoms with Gasteiger partial charge in [0.2, 0.25) is 0 Å². The van der Waals surface area contributed by atoms with Gasteiger partial charge in [0, 0.05) is 30.1 Å². The number of halogens is 2. The Hall–Kier alpha value is -1.09. The summed E-state index contributed by atoms with van der Waals surface area (Å²) in [5, 5.41) is 4.40. The summed E-state index contributed by atoms with van der Waals surface area (Å²) in [6.07, 6.45) is 3.65. The molecule has 0 spiro atoms. The monoisotopic (exact) mass is 280 g/mol. The summed E-state index contributed by atoms with van der Waals surface area (Å²) < 4.78 is 0. The van der Waals surface area contributed by atoms with Crippen LogP contribution in [0.5, 0.6) is 0 Å². The molecule has 0 atom stereocenters. The van der Waals surface area contributed by atoms with Crippen LogP contribution in [0.1, 0.15) is 12.5 Å². The van der Waals surface area contributed by atoms with Crippen LogP contribution in [-0.2, 0) is 6.54 Å². The first kappa shape index (κ1) is 13.3. The summed E-state index contributed by atoms with van der Waals surface area (Å²) in [6.45, 7) is 3.81. The molecule has 2 rings (SSSR count). The van der Waals surface area contributed by atoms with Crippen LogP contribution >= 0.6 is 23.2 Å². The number of nitrogens with one attached hydrogen (secondary N) is 1. The van der Waals surface area contributed by atoms with Gasteiger partial charge in [0.25, 0.3) is 0 Å². The molecule has 0 fully saturated rings. The molecule has 0 aliphatic rings. The Morgan fingerprint density at radius 3 is 2.83 bits per heavy atom. The van der Waals surface area contributed by atoms with Crippen molar-refractivity contribution in [3.63, 3.8) is 0 Å². The molecule has 1 heterocycles. The molecular weight excluding hydrogens is 267 g/mol. The number of aromatic nitrogens is 1. The maximum absolute atomic E-state index is 6.21. The second-order valence-electron chi connectivity index (χ2n) is 3.96. The third kappa shape index (κ3) is 3.02. The molecule has 0 aliphatic heterocycles. The van der Waals surface area contributed by atoms with Crippen LogP contribution in [0.4, 0.5) is 0 Å². The van der Waals surface area contributed by atoms with E-state index in [-0.39, 0.29) is 0 Å². The Morgan fingerprint density at radius 2 is 2.06 bits per heavy atom. The van der Waals surface area contributed by atoms with Crippen molar-refractivity contribution >= 4 is 23.2 Å². The molecule has 0 radical (unpaired) electrons. The van der Waals surface area contributed by atoms with Crippen molar-refractivity contribution < 1.29 is 0 Å². The summed E-state index contributed by atoms with van der Waals surface area (Å²) in [6, 6.07) is 7.69. The van der Waals surface area contributed by atoms with E-state index in [0.717, 1.165) is 29.8 Å². The first-order chi connectivity index (χ1) is 8.72. The number of benzene rings is 1. The Morgan fingerprint density at radius 1 is 1.22 bits per heavy atom. The predicted octanol–water partition coefficient (Wildman–Crippen LogP) is 4.16. The molecule has 4 heteroatoms. The third-order valence-corrected chi connectivity index (χ3v) is 3.46. The van der Waals surface area contributed by atoms with Gasteiger partial charge in [-0.05, 0) is 24.2 Å². The van der Waals surface area contributed by atoms with Gasteiger partial charge >= 0.3 is 0 Å². The van der Waals surface area contributed by atoms with Crippen molar-refractivity contribution in [3.8, 4) is 11.1 Å². The van der Waals surface area contributed by atoms with Gasteiger partial charge < -0.3 is 5.32 Å². The minimum Gasteiger partial charge on any atom is -0.313 e. The van der Waals surface area contributed by atoms with E-state index in [2.05, 4.69) is 23.3 Å². The molecule has 0 saturated carbocycles. The SMILES string of the molecule is CCNCc1cncc(-c2cccc(Cl)c2Cl)c1. The van der Waals surface area contributed by atoms with E-state index in [1.807, 2.05) is 18.3 Å². The van der Waals surface area contributed by atoms with E-state index in [1.165, 1.54) is 0 Å². The molecule has 1 aromatic heterocycles. The second-order valence-corrected chi connectivity index (χ2v) is 4.75. The topological polar surface area (TPSA) is 24.9 Å². The van der Waals surface area contributed by atoms with E-state index in [0.29, 0.717) is 10.0 Å². The molecule has 0 aliphatic carbocycles. The van der Waals surface area contributed by atoms with Crippen molar-refractivity contribution in [2.24, 2.45) is 0 Å². The Labute approximate surface area is 117 Å². The first-order valence-corrected chi connectivity index (χ1v) is 6.57. The summed E-state index contributed by atoms with van der Waals surface area (Å²) in [5.41, 5.74) is 3.03. The molecule has 2 nitrogen and oxygen atoms in total. The van der Waals surface area contributed by atoms with Crippen LogP contribution in [0.15, 0.2) is 36.7 Å². The lowest BCUT2D eigenvalue weighted by Gasteiger charge is -2.08. The molecule has 94 valence electrons. The molecule has 0 amide bonds. The molecule has 1 aromatic carbocycles. The fraction of sp³-hybridized carbons (Fsp3) is 0.214. The quantitative estimate of drug-likeness (QED) is 0.910. The zero-order valence-corrected chi connectivity index (χ0v) is 11.6. The second kappa shape index (κ2) is 6.19. The predicted molar refractivity (Wildman–Crippen MR) is 77.1 cm³/mol. The van der Waals surface area contributed by atoms with Crippen molar-refractivity contribution in [2.75, 3.05) is 6.54 Å². The summed E-state index contributed by atoms with van der Waals surface area (Å²) in [4.78, 5) is 4.24. The van der Waals surface area contributed by atoms with Gasteiger partial charge in [-0.2, -0.15) is 0 Å². The number of nitrogens with zero attached hydrogens (tertiary/aromatic N) is 1. The van der Waals surface area contributed by atoms with Crippen LogP contribution in [0.3, 0.4) is 0 Å². The van der Waals surface area contributed by atoms with Crippen molar-refractivity contribution in [1.29, 1.82) is 0 Å². The fourth-order valence-electron chi connectivity index (χ4n) is 1.73. The molecule has 18 heavy (non-hydrogen) atoms. The van der Waals surface area contributed by atoms with Gasteiger partial charge in [0.15, 0.2) is 0 Å².